The Morgan fingerprint density at radius 3 is 2.85 bits per heavy atom. The first-order valence-corrected chi connectivity index (χ1v) is 10.3. The maximum atomic E-state index is 9.46. The number of allylic oxidation sites excluding steroid dienone is 2. The smallest absolute Gasteiger partial charge is 0.207 e. The van der Waals surface area contributed by atoms with E-state index in [-0.39, 0.29) is 17.6 Å². The van der Waals surface area contributed by atoms with Crippen molar-refractivity contribution in [2.45, 2.75) is 71.6 Å². The van der Waals surface area contributed by atoms with Crippen molar-refractivity contribution in [1.82, 2.24) is 10.2 Å². The summed E-state index contributed by atoms with van der Waals surface area (Å²) in [5.41, 5.74) is 0.733. The average Bonchev–Trinajstić information content (AvgIpc) is 3.11. The number of hydrogen-bond acceptors (Lipinski definition) is 4. The second-order valence-electron chi connectivity index (χ2n) is 8.28. The predicted octanol–water partition coefficient (Wildman–Crippen LogP) is 3.86. The zero-order valence-electron chi connectivity index (χ0n) is 17.0. The third kappa shape index (κ3) is 3.87. The van der Waals surface area contributed by atoms with Gasteiger partial charge in [0, 0.05) is 12.6 Å². The van der Waals surface area contributed by atoms with E-state index in [2.05, 4.69) is 73.7 Å². The molecule has 0 spiro atoms. The quantitative estimate of drug-likeness (QED) is 0.726. The van der Waals surface area contributed by atoms with Gasteiger partial charge in [-0.1, -0.05) is 39.0 Å². The van der Waals surface area contributed by atoms with Crippen molar-refractivity contribution in [3.63, 3.8) is 0 Å². The number of piperidine rings is 1. The minimum absolute atomic E-state index is 0.0814. The van der Waals surface area contributed by atoms with Crippen LogP contribution in [0.3, 0.4) is 0 Å². The van der Waals surface area contributed by atoms with Crippen LogP contribution in [0.4, 0.5) is 0 Å². The molecule has 5 nitrogen and oxygen atoms in total. The molecule has 1 radical (unpaired) electrons. The lowest BCUT2D eigenvalue weighted by Crippen LogP contribution is -2.59. The number of likely N-dealkylation sites (tertiary alicyclic amines) is 1. The summed E-state index contributed by atoms with van der Waals surface area (Å²) in [5, 5.41) is 13.1. The number of fused-ring (bicyclic) bond motifs is 1. The Kier molecular flexibility index (Phi) is 6.16. The van der Waals surface area contributed by atoms with Crippen LogP contribution in [0.5, 0.6) is 0 Å². The van der Waals surface area contributed by atoms with Crippen LogP contribution in [0, 0.1) is 29.2 Å². The van der Waals surface area contributed by atoms with E-state index in [1.54, 1.807) is 0 Å². The number of nitrogens with one attached hydrogen (secondary N) is 1. The molecule has 3 aliphatic rings. The van der Waals surface area contributed by atoms with Crippen molar-refractivity contribution in [3.8, 4) is 6.19 Å². The van der Waals surface area contributed by atoms with E-state index in [1.807, 2.05) is 6.08 Å². The minimum atomic E-state index is -0.341. The molecule has 2 heterocycles. The summed E-state index contributed by atoms with van der Waals surface area (Å²) in [5.74, 6) is 1.57. The summed E-state index contributed by atoms with van der Waals surface area (Å²) in [6.45, 7) is 9.90. The van der Waals surface area contributed by atoms with E-state index in [9.17, 15) is 5.26 Å². The molecule has 1 saturated heterocycles. The first kappa shape index (κ1) is 19.8. The van der Waals surface area contributed by atoms with Crippen LogP contribution in [-0.4, -0.2) is 41.2 Å². The molecule has 0 aromatic heterocycles. The number of aliphatic imine (C=N–C) groups is 2. The van der Waals surface area contributed by atoms with Crippen LogP contribution in [0.1, 0.15) is 53.4 Å². The standard InChI is InChI=1S/C22H32N5/c1-5-22(20-25-18-9-6-7-10-19(18)26-20)13-8-14-27(21(22)24-15-23)17(4)12-11-16(2)3/h6-7,9-10,13,16-18,20,25H,5,8,11-12,14H2,1-4H3. The molecule has 1 aliphatic carbocycles. The fraction of sp³-hybridized carbons (Fsp3) is 0.636. The van der Waals surface area contributed by atoms with Gasteiger partial charge in [0.05, 0.1) is 17.2 Å². The van der Waals surface area contributed by atoms with Crippen LogP contribution < -0.4 is 5.32 Å². The van der Waals surface area contributed by atoms with Crippen molar-refractivity contribution < 1.29 is 0 Å². The van der Waals surface area contributed by atoms with Crippen molar-refractivity contribution in [1.29, 1.82) is 5.26 Å². The largest absolute Gasteiger partial charge is 0.356 e. The van der Waals surface area contributed by atoms with Gasteiger partial charge in [-0.2, -0.15) is 10.3 Å². The van der Waals surface area contributed by atoms with Gasteiger partial charge in [-0.25, -0.2) is 0 Å². The predicted molar refractivity (Wildman–Crippen MR) is 111 cm³/mol. The Labute approximate surface area is 163 Å². The van der Waals surface area contributed by atoms with Gasteiger partial charge >= 0.3 is 0 Å². The number of nitrogens with zero attached hydrogens (tertiary/aromatic N) is 4. The van der Waals surface area contributed by atoms with Crippen molar-refractivity contribution in [3.05, 3.63) is 30.7 Å². The number of hydrogen-bond donors (Lipinski definition) is 1. The number of rotatable bonds is 6. The van der Waals surface area contributed by atoms with Gasteiger partial charge in [0.25, 0.3) is 0 Å². The van der Waals surface area contributed by atoms with Crippen LogP contribution >= 0.6 is 0 Å². The Bertz CT molecular complexity index is 696. The first-order valence-electron chi connectivity index (χ1n) is 10.3. The van der Waals surface area contributed by atoms with Crippen molar-refractivity contribution in [2.24, 2.45) is 21.3 Å². The molecular weight excluding hydrogens is 334 g/mol. The highest BCUT2D eigenvalue weighted by Gasteiger charge is 2.50. The van der Waals surface area contributed by atoms with Gasteiger partial charge < -0.3 is 4.90 Å². The Morgan fingerprint density at radius 2 is 2.19 bits per heavy atom. The summed E-state index contributed by atoms with van der Waals surface area (Å²) < 4.78 is 0. The summed E-state index contributed by atoms with van der Waals surface area (Å²) in [7, 11) is 0. The highest BCUT2D eigenvalue weighted by molar-refractivity contribution is 6.04. The highest BCUT2D eigenvalue weighted by Crippen LogP contribution is 2.41. The maximum Gasteiger partial charge on any atom is 0.207 e. The van der Waals surface area contributed by atoms with Crippen LogP contribution in [-0.2, 0) is 0 Å². The normalized spacial score (nSPS) is 32.5. The summed E-state index contributed by atoms with van der Waals surface area (Å²) in [6, 6.07) is 0.532. The molecule has 0 saturated carbocycles. The van der Waals surface area contributed by atoms with Gasteiger partial charge in [-0.3, -0.25) is 10.3 Å². The van der Waals surface area contributed by atoms with Gasteiger partial charge in [-0.15, -0.1) is 0 Å². The first-order chi connectivity index (χ1) is 13.0. The average molecular weight is 367 g/mol. The van der Waals surface area contributed by atoms with Gasteiger partial charge in [0.1, 0.15) is 12.0 Å². The Morgan fingerprint density at radius 1 is 1.37 bits per heavy atom. The molecule has 5 heteroatoms. The van der Waals surface area contributed by atoms with Crippen LogP contribution in [0.15, 0.2) is 34.3 Å². The Hall–Kier alpha value is -1.93. The monoisotopic (exact) mass is 366 g/mol. The third-order valence-electron chi connectivity index (χ3n) is 6.11. The summed E-state index contributed by atoms with van der Waals surface area (Å²) in [6.07, 6.45) is 16.8. The number of amidine groups is 1. The molecule has 2 aliphatic heterocycles. The fourth-order valence-electron chi connectivity index (χ4n) is 4.45. The van der Waals surface area contributed by atoms with Gasteiger partial charge in [0.2, 0.25) is 6.19 Å². The molecule has 0 aromatic carbocycles. The van der Waals surface area contributed by atoms with E-state index in [0.717, 1.165) is 37.4 Å². The van der Waals surface area contributed by atoms with Crippen LogP contribution in [0.25, 0.3) is 0 Å². The zero-order valence-corrected chi connectivity index (χ0v) is 17.0. The molecule has 0 amide bonds. The van der Waals surface area contributed by atoms with E-state index >= 15 is 0 Å². The van der Waals surface area contributed by atoms with Gasteiger partial charge in [-0.05, 0) is 51.0 Å². The van der Waals surface area contributed by atoms with Crippen molar-refractivity contribution in [2.75, 3.05) is 6.54 Å². The lowest BCUT2D eigenvalue weighted by Gasteiger charge is -2.48. The molecule has 27 heavy (non-hydrogen) atoms. The number of nitriles is 1. The molecule has 0 aromatic rings. The maximum absolute atomic E-state index is 9.46. The van der Waals surface area contributed by atoms with E-state index in [0.29, 0.717) is 12.0 Å². The van der Waals surface area contributed by atoms with Gasteiger partial charge in [0.15, 0.2) is 0 Å². The van der Waals surface area contributed by atoms with Crippen LogP contribution in [0.2, 0.25) is 0 Å². The summed E-state index contributed by atoms with van der Waals surface area (Å²) >= 11 is 0. The highest BCUT2D eigenvalue weighted by atomic mass is 15.3. The molecule has 1 fully saturated rings. The molecule has 1 N–H and O–H groups in total. The topological polar surface area (TPSA) is 63.8 Å². The fourth-order valence-corrected chi connectivity index (χ4v) is 4.45. The summed E-state index contributed by atoms with van der Waals surface area (Å²) in [4.78, 5) is 11.7. The zero-order chi connectivity index (χ0) is 19.4. The van der Waals surface area contributed by atoms with E-state index < -0.39 is 0 Å². The lowest BCUT2D eigenvalue weighted by molar-refractivity contribution is 0.207. The SMILES string of the molecule is CCC1(C2N=C3C=CC=CC3N2)[CH]CCN(C(C)CCC(C)C)C1=NC#N. The molecule has 3 rings (SSSR count). The molecule has 4 atom stereocenters. The third-order valence-corrected chi connectivity index (χ3v) is 6.11. The second kappa shape index (κ2) is 8.39. The second-order valence-corrected chi connectivity index (χ2v) is 8.28. The molecular formula is C22H32N5. The van der Waals surface area contributed by atoms with E-state index in [4.69, 9.17) is 4.99 Å². The van der Waals surface area contributed by atoms with Crippen molar-refractivity contribution >= 4 is 11.5 Å². The molecule has 145 valence electrons. The molecule has 4 unspecified atom stereocenters. The molecule has 0 bridgehead atoms. The van der Waals surface area contributed by atoms with E-state index in [1.165, 1.54) is 6.42 Å². The minimum Gasteiger partial charge on any atom is -0.356 e. The Balaban J connectivity index is 1.90. The lowest BCUT2D eigenvalue weighted by atomic mass is 9.73.